The van der Waals surface area contributed by atoms with Gasteiger partial charge in [-0.15, -0.1) is 0 Å². The minimum Gasteiger partial charge on any atom is -0.388 e. The number of ether oxygens (including phenoxy) is 1. The van der Waals surface area contributed by atoms with Crippen LogP contribution in [-0.2, 0) is 11.3 Å². The van der Waals surface area contributed by atoms with Gasteiger partial charge in [0.15, 0.2) is 0 Å². The largest absolute Gasteiger partial charge is 0.388 e. The van der Waals surface area contributed by atoms with Gasteiger partial charge in [-0.3, -0.25) is 0 Å². The van der Waals surface area contributed by atoms with Gasteiger partial charge in [-0.05, 0) is 24.1 Å². The summed E-state index contributed by atoms with van der Waals surface area (Å²) in [5.74, 6) is 0. The summed E-state index contributed by atoms with van der Waals surface area (Å²) < 4.78 is 5.04. The molecule has 0 spiro atoms. The monoisotopic (exact) mass is 165 g/mol. The van der Waals surface area contributed by atoms with Crippen molar-refractivity contribution in [2.45, 2.75) is 13.5 Å². The lowest BCUT2D eigenvalue weighted by atomic mass is 10.1. The fourth-order valence-corrected chi connectivity index (χ4v) is 1.26. The number of rotatable bonds is 3. The van der Waals surface area contributed by atoms with Gasteiger partial charge >= 0.3 is 0 Å². The maximum absolute atomic E-state index is 5.04. The second-order valence-corrected chi connectivity index (χ2v) is 2.83. The Kier molecular flexibility index (Phi) is 3.11. The predicted molar refractivity (Wildman–Crippen MR) is 51.4 cm³/mol. The first-order valence-corrected chi connectivity index (χ1v) is 4.04. The molecule has 2 nitrogen and oxygen atoms in total. The van der Waals surface area contributed by atoms with E-state index in [9.17, 15) is 0 Å². The Balaban J connectivity index is 2.86. The van der Waals surface area contributed by atoms with Gasteiger partial charge in [0.25, 0.3) is 0 Å². The molecule has 0 atom stereocenters. The Morgan fingerprint density at radius 3 is 2.67 bits per heavy atom. The molecule has 0 bridgehead atoms. The zero-order chi connectivity index (χ0) is 8.97. The summed E-state index contributed by atoms with van der Waals surface area (Å²) in [4.78, 5) is 0. The molecular weight excluding hydrogens is 150 g/mol. The minimum atomic E-state index is 0.685. The molecule has 1 N–H and O–H groups in total. The Hall–Kier alpha value is -1.02. The van der Waals surface area contributed by atoms with Gasteiger partial charge in [0, 0.05) is 19.8 Å². The Labute approximate surface area is 73.6 Å². The van der Waals surface area contributed by atoms with E-state index >= 15 is 0 Å². The van der Waals surface area contributed by atoms with Crippen LogP contribution in [0.5, 0.6) is 0 Å². The van der Waals surface area contributed by atoms with E-state index in [0.717, 1.165) is 0 Å². The highest BCUT2D eigenvalue weighted by Gasteiger charge is 1.96. The molecular formula is C10H15NO. The molecule has 2 heteroatoms. The van der Waals surface area contributed by atoms with E-state index < -0.39 is 0 Å². The highest BCUT2D eigenvalue weighted by molar-refractivity contribution is 5.51. The zero-order valence-corrected chi connectivity index (χ0v) is 7.85. The van der Waals surface area contributed by atoms with Crippen molar-refractivity contribution in [3.05, 3.63) is 29.3 Å². The number of hydrogen-bond donors (Lipinski definition) is 1. The van der Waals surface area contributed by atoms with Gasteiger partial charge in [0.2, 0.25) is 0 Å². The summed E-state index contributed by atoms with van der Waals surface area (Å²) in [5, 5.41) is 3.12. The second kappa shape index (κ2) is 4.12. The summed E-state index contributed by atoms with van der Waals surface area (Å²) in [6, 6.07) is 6.28. The van der Waals surface area contributed by atoms with E-state index in [1.165, 1.54) is 16.8 Å². The maximum atomic E-state index is 5.04. The summed E-state index contributed by atoms with van der Waals surface area (Å²) >= 11 is 0. The van der Waals surface area contributed by atoms with Gasteiger partial charge < -0.3 is 10.1 Å². The van der Waals surface area contributed by atoms with Crippen LogP contribution in [0.15, 0.2) is 18.2 Å². The van der Waals surface area contributed by atoms with E-state index in [0.29, 0.717) is 6.61 Å². The minimum absolute atomic E-state index is 0.685. The molecule has 0 saturated heterocycles. The van der Waals surface area contributed by atoms with Crippen molar-refractivity contribution in [1.29, 1.82) is 0 Å². The standard InChI is InChI=1S/C10H15NO/c1-8-6-9(7-12-3)4-5-10(8)11-2/h4-6,11H,7H2,1-3H3. The van der Waals surface area contributed by atoms with E-state index in [1.807, 2.05) is 7.05 Å². The molecule has 0 radical (unpaired) electrons. The smallest absolute Gasteiger partial charge is 0.0713 e. The lowest BCUT2D eigenvalue weighted by Crippen LogP contribution is -1.94. The number of aryl methyl sites for hydroxylation is 1. The SMILES string of the molecule is CNc1ccc(COC)cc1C. The molecule has 12 heavy (non-hydrogen) atoms. The molecule has 0 aliphatic carbocycles. The average molecular weight is 165 g/mol. The van der Waals surface area contributed by atoms with Crippen LogP contribution in [0.1, 0.15) is 11.1 Å². The third-order valence-electron chi connectivity index (χ3n) is 1.87. The van der Waals surface area contributed by atoms with Crippen molar-refractivity contribution in [3.8, 4) is 0 Å². The summed E-state index contributed by atoms with van der Waals surface area (Å²) in [7, 11) is 3.64. The Morgan fingerprint density at radius 2 is 2.17 bits per heavy atom. The van der Waals surface area contributed by atoms with Crippen LogP contribution in [-0.4, -0.2) is 14.2 Å². The van der Waals surface area contributed by atoms with Gasteiger partial charge in [-0.25, -0.2) is 0 Å². The highest BCUT2D eigenvalue weighted by Crippen LogP contribution is 2.15. The van der Waals surface area contributed by atoms with E-state index in [1.54, 1.807) is 7.11 Å². The molecule has 1 aromatic rings. The number of anilines is 1. The van der Waals surface area contributed by atoms with Crippen molar-refractivity contribution in [3.63, 3.8) is 0 Å². The van der Waals surface area contributed by atoms with Crippen LogP contribution < -0.4 is 5.32 Å². The molecule has 0 amide bonds. The van der Waals surface area contributed by atoms with Crippen LogP contribution in [0.2, 0.25) is 0 Å². The van der Waals surface area contributed by atoms with Crippen LogP contribution in [0, 0.1) is 6.92 Å². The fraction of sp³-hybridized carbons (Fsp3) is 0.400. The molecule has 1 aromatic carbocycles. The highest BCUT2D eigenvalue weighted by atomic mass is 16.5. The molecule has 0 aliphatic heterocycles. The van der Waals surface area contributed by atoms with Gasteiger partial charge in [0.1, 0.15) is 0 Å². The summed E-state index contributed by atoms with van der Waals surface area (Å²) in [5.41, 5.74) is 3.65. The van der Waals surface area contributed by atoms with Crippen molar-refractivity contribution in [1.82, 2.24) is 0 Å². The van der Waals surface area contributed by atoms with Gasteiger partial charge in [-0.2, -0.15) is 0 Å². The van der Waals surface area contributed by atoms with Crippen molar-refractivity contribution in [2.24, 2.45) is 0 Å². The number of nitrogens with one attached hydrogen (secondary N) is 1. The van der Waals surface area contributed by atoms with Gasteiger partial charge in [0.05, 0.1) is 6.61 Å². The summed E-state index contributed by atoms with van der Waals surface area (Å²) in [6.07, 6.45) is 0. The maximum Gasteiger partial charge on any atom is 0.0713 e. The molecule has 66 valence electrons. The first-order valence-electron chi connectivity index (χ1n) is 4.04. The Morgan fingerprint density at radius 1 is 1.42 bits per heavy atom. The van der Waals surface area contributed by atoms with E-state index in [2.05, 4.69) is 30.4 Å². The lowest BCUT2D eigenvalue weighted by Gasteiger charge is -2.06. The van der Waals surface area contributed by atoms with Crippen molar-refractivity contribution in [2.75, 3.05) is 19.5 Å². The lowest BCUT2D eigenvalue weighted by molar-refractivity contribution is 0.185. The Bertz CT molecular complexity index is 258. The van der Waals surface area contributed by atoms with Gasteiger partial charge in [-0.1, -0.05) is 12.1 Å². The first-order chi connectivity index (χ1) is 5.77. The molecule has 0 fully saturated rings. The molecule has 0 saturated carbocycles. The summed E-state index contributed by atoms with van der Waals surface area (Å²) in [6.45, 7) is 2.77. The number of benzene rings is 1. The van der Waals surface area contributed by atoms with E-state index in [4.69, 9.17) is 4.74 Å². The number of methoxy groups -OCH3 is 1. The molecule has 1 rings (SSSR count). The third-order valence-corrected chi connectivity index (χ3v) is 1.87. The average Bonchev–Trinajstić information content (AvgIpc) is 2.05. The van der Waals surface area contributed by atoms with Crippen molar-refractivity contribution < 1.29 is 4.74 Å². The third kappa shape index (κ3) is 1.98. The van der Waals surface area contributed by atoms with Crippen LogP contribution >= 0.6 is 0 Å². The van der Waals surface area contributed by atoms with Crippen LogP contribution in [0.4, 0.5) is 5.69 Å². The normalized spacial score (nSPS) is 9.92. The topological polar surface area (TPSA) is 21.3 Å². The number of hydrogen-bond acceptors (Lipinski definition) is 2. The quantitative estimate of drug-likeness (QED) is 0.741. The molecule has 0 heterocycles. The molecule has 0 aromatic heterocycles. The second-order valence-electron chi connectivity index (χ2n) is 2.83. The predicted octanol–water partition coefficient (Wildman–Crippen LogP) is 2.18. The van der Waals surface area contributed by atoms with Crippen LogP contribution in [0.3, 0.4) is 0 Å². The van der Waals surface area contributed by atoms with E-state index in [-0.39, 0.29) is 0 Å². The van der Waals surface area contributed by atoms with Crippen LogP contribution in [0.25, 0.3) is 0 Å². The molecule has 0 unspecified atom stereocenters. The fourth-order valence-electron chi connectivity index (χ4n) is 1.26. The molecule has 0 aliphatic rings. The zero-order valence-electron chi connectivity index (χ0n) is 7.85. The van der Waals surface area contributed by atoms with Crippen molar-refractivity contribution >= 4 is 5.69 Å². The first kappa shape index (κ1) is 9.07.